The zero-order chi connectivity index (χ0) is 18.6. The summed E-state index contributed by atoms with van der Waals surface area (Å²) in [7, 11) is 0. The molecule has 2 aromatic carbocycles. The van der Waals surface area contributed by atoms with Crippen LogP contribution < -0.4 is 4.74 Å². The fourth-order valence-electron chi connectivity index (χ4n) is 3.26. The fraction of sp³-hybridized carbons (Fsp3) is 0.381. The number of hydrogen-bond donors (Lipinski definition) is 1. The number of ether oxygens (including phenoxy) is 1. The standard InChI is InChI=1S/C21H24FNO3/c1-16-5-2-3-6-19(16)20(24)23-13-4-11-21(25,12-14-23)15-26-18-9-7-17(22)8-10-18/h2-3,5-10,25H,4,11-15H2,1H3. The second kappa shape index (κ2) is 7.87. The Kier molecular flexibility index (Phi) is 5.57. The van der Waals surface area contributed by atoms with E-state index in [4.69, 9.17) is 4.74 Å². The van der Waals surface area contributed by atoms with Crippen LogP contribution in [0, 0.1) is 12.7 Å². The molecule has 26 heavy (non-hydrogen) atoms. The smallest absolute Gasteiger partial charge is 0.254 e. The molecule has 0 bridgehead atoms. The second-order valence-corrected chi connectivity index (χ2v) is 6.93. The van der Waals surface area contributed by atoms with Gasteiger partial charge in [0.15, 0.2) is 0 Å². The van der Waals surface area contributed by atoms with Crippen LogP contribution in [0.2, 0.25) is 0 Å². The van der Waals surface area contributed by atoms with Crippen molar-refractivity contribution in [1.29, 1.82) is 0 Å². The molecule has 1 aliphatic heterocycles. The summed E-state index contributed by atoms with van der Waals surface area (Å²) in [6.07, 6.45) is 1.72. The van der Waals surface area contributed by atoms with Crippen molar-refractivity contribution in [3.63, 3.8) is 0 Å². The molecule has 2 aromatic rings. The normalized spacial score (nSPS) is 20.5. The SMILES string of the molecule is Cc1ccccc1C(=O)N1CCCC(O)(COc2ccc(F)cc2)CC1. The van der Waals surface area contributed by atoms with E-state index in [0.29, 0.717) is 43.7 Å². The van der Waals surface area contributed by atoms with E-state index in [1.54, 1.807) is 17.0 Å². The quantitative estimate of drug-likeness (QED) is 0.910. The molecule has 1 aliphatic rings. The molecule has 5 heteroatoms. The van der Waals surface area contributed by atoms with Gasteiger partial charge in [0.2, 0.25) is 0 Å². The highest BCUT2D eigenvalue weighted by Gasteiger charge is 2.32. The van der Waals surface area contributed by atoms with Gasteiger partial charge in [-0.05, 0) is 62.1 Å². The summed E-state index contributed by atoms with van der Waals surface area (Å²) >= 11 is 0. The van der Waals surface area contributed by atoms with Gasteiger partial charge < -0.3 is 14.7 Å². The van der Waals surface area contributed by atoms with Crippen LogP contribution in [0.15, 0.2) is 48.5 Å². The molecule has 1 unspecified atom stereocenters. The minimum Gasteiger partial charge on any atom is -0.491 e. The lowest BCUT2D eigenvalue weighted by Gasteiger charge is -2.27. The summed E-state index contributed by atoms with van der Waals surface area (Å²) in [5.41, 5.74) is 0.673. The number of carbonyl (C=O) groups is 1. The highest BCUT2D eigenvalue weighted by atomic mass is 19.1. The van der Waals surface area contributed by atoms with Gasteiger partial charge in [-0.1, -0.05) is 18.2 Å². The van der Waals surface area contributed by atoms with E-state index in [1.807, 2.05) is 31.2 Å². The van der Waals surface area contributed by atoms with E-state index in [9.17, 15) is 14.3 Å². The molecule has 138 valence electrons. The average molecular weight is 357 g/mol. The molecule has 1 saturated heterocycles. The lowest BCUT2D eigenvalue weighted by Crippen LogP contribution is -2.38. The van der Waals surface area contributed by atoms with Crippen LogP contribution in [0.25, 0.3) is 0 Å². The van der Waals surface area contributed by atoms with Crippen LogP contribution in [0.4, 0.5) is 4.39 Å². The Morgan fingerprint density at radius 3 is 2.62 bits per heavy atom. The lowest BCUT2D eigenvalue weighted by atomic mass is 9.96. The van der Waals surface area contributed by atoms with Gasteiger partial charge in [0, 0.05) is 18.7 Å². The van der Waals surface area contributed by atoms with Gasteiger partial charge in [0.05, 0.1) is 0 Å². The molecule has 1 amide bonds. The molecule has 1 fully saturated rings. The number of carbonyl (C=O) groups excluding carboxylic acids is 1. The first-order chi connectivity index (χ1) is 12.5. The van der Waals surface area contributed by atoms with Crippen molar-refractivity contribution in [1.82, 2.24) is 4.90 Å². The number of hydrogen-bond acceptors (Lipinski definition) is 3. The van der Waals surface area contributed by atoms with Crippen LogP contribution in [0.5, 0.6) is 5.75 Å². The summed E-state index contributed by atoms with van der Waals surface area (Å²) in [6, 6.07) is 13.3. The molecule has 0 aliphatic carbocycles. The van der Waals surface area contributed by atoms with Crippen LogP contribution in [0.1, 0.15) is 35.2 Å². The molecular weight excluding hydrogens is 333 g/mol. The second-order valence-electron chi connectivity index (χ2n) is 6.93. The summed E-state index contributed by atoms with van der Waals surface area (Å²) < 4.78 is 18.6. The Labute approximate surface area is 153 Å². The maximum absolute atomic E-state index is 13.0. The molecule has 0 aromatic heterocycles. The van der Waals surface area contributed by atoms with Gasteiger partial charge >= 0.3 is 0 Å². The maximum atomic E-state index is 13.0. The van der Waals surface area contributed by atoms with E-state index in [-0.39, 0.29) is 18.3 Å². The van der Waals surface area contributed by atoms with Gasteiger partial charge in [0.25, 0.3) is 5.91 Å². The molecule has 4 nitrogen and oxygen atoms in total. The topological polar surface area (TPSA) is 49.8 Å². The Bertz CT molecular complexity index is 762. The van der Waals surface area contributed by atoms with Crippen molar-refractivity contribution in [2.24, 2.45) is 0 Å². The summed E-state index contributed by atoms with van der Waals surface area (Å²) in [4.78, 5) is 14.6. The first-order valence-corrected chi connectivity index (χ1v) is 8.92. The zero-order valence-electron chi connectivity index (χ0n) is 15.0. The van der Waals surface area contributed by atoms with Gasteiger partial charge in [0.1, 0.15) is 23.8 Å². The van der Waals surface area contributed by atoms with Crippen LogP contribution in [-0.2, 0) is 0 Å². The molecule has 0 radical (unpaired) electrons. The largest absolute Gasteiger partial charge is 0.491 e. The third-order valence-electron chi connectivity index (χ3n) is 4.90. The highest BCUT2D eigenvalue weighted by Crippen LogP contribution is 2.25. The number of aryl methyl sites for hydroxylation is 1. The van der Waals surface area contributed by atoms with Crippen LogP contribution in [0.3, 0.4) is 0 Å². The van der Waals surface area contributed by atoms with Gasteiger partial charge in [-0.15, -0.1) is 0 Å². The number of benzene rings is 2. The molecule has 0 saturated carbocycles. The Balaban J connectivity index is 1.61. The van der Waals surface area contributed by atoms with Crippen molar-refractivity contribution in [3.8, 4) is 5.75 Å². The number of likely N-dealkylation sites (tertiary alicyclic amines) is 1. The predicted molar refractivity (Wildman–Crippen MR) is 97.8 cm³/mol. The van der Waals surface area contributed by atoms with E-state index >= 15 is 0 Å². The van der Waals surface area contributed by atoms with Crippen molar-refractivity contribution in [2.75, 3.05) is 19.7 Å². The monoisotopic (exact) mass is 357 g/mol. The number of nitrogens with zero attached hydrogens (tertiary/aromatic N) is 1. The van der Waals surface area contributed by atoms with Crippen molar-refractivity contribution >= 4 is 5.91 Å². The van der Waals surface area contributed by atoms with Crippen molar-refractivity contribution in [2.45, 2.75) is 31.8 Å². The first kappa shape index (κ1) is 18.4. The molecular formula is C21H24FNO3. The molecule has 3 rings (SSSR count). The Hall–Kier alpha value is -2.40. The number of aliphatic hydroxyl groups is 1. The van der Waals surface area contributed by atoms with Crippen LogP contribution >= 0.6 is 0 Å². The van der Waals surface area contributed by atoms with E-state index in [0.717, 1.165) is 5.56 Å². The van der Waals surface area contributed by atoms with Gasteiger partial charge in [-0.2, -0.15) is 0 Å². The van der Waals surface area contributed by atoms with E-state index in [1.165, 1.54) is 12.1 Å². The average Bonchev–Trinajstić information content (AvgIpc) is 2.83. The predicted octanol–water partition coefficient (Wildman–Crippen LogP) is 3.57. The third-order valence-corrected chi connectivity index (χ3v) is 4.90. The first-order valence-electron chi connectivity index (χ1n) is 8.92. The Morgan fingerprint density at radius 1 is 1.15 bits per heavy atom. The third kappa shape index (κ3) is 4.41. The van der Waals surface area contributed by atoms with Crippen molar-refractivity contribution < 1.29 is 19.0 Å². The molecule has 1 heterocycles. The summed E-state index contributed by atoms with van der Waals surface area (Å²) in [5.74, 6) is 0.208. The van der Waals surface area contributed by atoms with E-state index < -0.39 is 5.60 Å². The molecule has 1 atom stereocenters. The number of rotatable bonds is 4. The fourth-order valence-corrected chi connectivity index (χ4v) is 3.26. The number of amides is 1. The maximum Gasteiger partial charge on any atom is 0.254 e. The summed E-state index contributed by atoms with van der Waals surface area (Å²) in [6.45, 7) is 3.16. The summed E-state index contributed by atoms with van der Waals surface area (Å²) in [5, 5.41) is 10.9. The van der Waals surface area contributed by atoms with Gasteiger partial charge in [-0.25, -0.2) is 4.39 Å². The minimum absolute atomic E-state index is 0.00630. The van der Waals surface area contributed by atoms with Crippen molar-refractivity contribution in [3.05, 3.63) is 65.5 Å². The van der Waals surface area contributed by atoms with Crippen LogP contribution in [-0.4, -0.2) is 41.2 Å². The highest BCUT2D eigenvalue weighted by molar-refractivity contribution is 5.95. The molecule has 0 spiro atoms. The lowest BCUT2D eigenvalue weighted by molar-refractivity contribution is -0.0163. The zero-order valence-corrected chi connectivity index (χ0v) is 15.0. The van der Waals surface area contributed by atoms with Gasteiger partial charge in [-0.3, -0.25) is 4.79 Å². The molecule has 1 N–H and O–H groups in total. The van der Waals surface area contributed by atoms with E-state index in [2.05, 4.69) is 0 Å². The number of halogens is 1. The Morgan fingerprint density at radius 2 is 1.88 bits per heavy atom. The minimum atomic E-state index is -0.991.